The van der Waals surface area contributed by atoms with Gasteiger partial charge in [-0.2, -0.15) is 0 Å². The van der Waals surface area contributed by atoms with Crippen LogP contribution in [0, 0.1) is 30.6 Å². The zero-order valence-corrected chi connectivity index (χ0v) is 21.0. The number of phenolic OH excluding ortho intramolecular Hbond substituents is 1. The van der Waals surface area contributed by atoms with E-state index in [2.05, 4.69) is 0 Å². The summed E-state index contributed by atoms with van der Waals surface area (Å²) in [6, 6.07) is 10.2. The SMILES string of the molecule is Cc1ccc([C@@H]2c3cccc(O)c3C(=O)C3C(=O)[C@]4(O)C(=O)C(C(N)=O)C(=O)[C@@H](N(C)C)[C@@H]4[C@@H](O)[C@@H]32)cc1. The highest BCUT2D eigenvalue weighted by atomic mass is 16.3. The largest absolute Gasteiger partial charge is 0.507 e. The Bertz CT molecular complexity index is 1400. The van der Waals surface area contributed by atoms with Gasteiger partial charge in [0.2, 0.25) is 5.91 Å². The van der Waals surface area contributed by atoms with Crippen molar-refractivity contribution in [2.24, 2.45) is 29.4 Å². The number of amides is 1. The van der Waals surface area contributed by atoms with Crippen LogP contribution < -0.4 is 5.73 Å². The van der Waals surface area contributed by atoms with Gasteiger partial charge in [0.1, 0.15) is 5.75 Å². The Hall–Kier alpha value is -3.73. The Labute approximate surface area is 218 Å². The molecule has 1 amide bonds. The number of fused-ring (bicyclic) bond motifs is 3. The first-order valence-electron chi connectivity index (χ1n) is 12.2. The number of aryl methyl sites for hydroxylation is 1. The number of rotatable bonds is 3. The van der Waals surface area contributed by atoms with Crippen molar-refractivity contribution in [3.63, 3.8) is 0 Å². The van der Waals surface area contributed by atoms with E-state index in [0.717, 1.165) is 5.56 Å². The van der Waals surface area contributed by atoms with Gasteiger partial charge in [-0.15, -0.1) is 0 Å². The van der Waals surface area contributed by atoms with E-state index in [0.29, 0.717) is 11.1 Å². The number of nitrogens with two attached hydrogens (primary N) is 1. The molecule has 2 fully saturated rings. The Morgan fingerprint density at radius 2 is 1.61 bits per heavy atom. The fourth-order valence-electron chi connectivity index (χ4n) is 6.81. The van der Waals surface area contributed by atoms with E-state index in [4.69, 9.17) is 5.73 Å². The van der Waals surface area contributed by atoms with Crippen molar-refractivity contribution in [3.05, 3.63) is 64.7 Å². The second kappa shape index (κ2) is 8.65. The molecule has 2 aromatic carbocycles. The number of primary amides is 1. The zero-order chi connectivity index (χ0) is 27.8. The summed E-state index contributed by atoms with van der Waals surface area (Å²) in [5.41, 5.74) is 4.12. The maximum atomic E-state index is 14.1. The average molecular weight is 521 g/mol. The molecule has 0 saturated heterocycles. The maximum absolute atomic E-state index is 14.1. The van der Waals surface area contributed by atoms with Gasteiger partial charge in [0.25, 0.3) is 0 Å². The molecule has 3 aliphatic carbocycles. The Kier molecular flexibility index (Phi) is 5.90. The van der Waals surface area contributed by atoms with Crippen LogP contribution >= 0.6 is 0 Å². The minimum absolute atomic E-state index is 0.142. The van der Waals surface area contributed by atoms with Crippen LogP contribution in [0.15, 0.2) is 42.5 Å². The van der Waals surface area contributed by atoms with Gasteiger partial charge in [-0.3, -0.25) is 28.9 Å². The minimum atomic E-state index is -3.03. The van der Waals surface area contributed by atoms with Gasteiger partial charge in [0, 0.05) is 11.8 Å². The van der Waals surface area contributed by atoms with Crippen molar-refractivity contribution in [2.45, 2.75) is 30.6 Å². The molecular weight excluding hydrogens is 492 g/mol. The van der Waals surface area contributed by atoms with Crippen LogP contribution in [0.4, 0.5) is 0 Å². The van der Waals surface area contributed by atoms with Crippen LogP contribution in [0.2, 0.25) is 0 Å². The summed E-state index contributed by atoms with van der Waals surface area (Å²) < 4.78 is 0. The number of benzene rings is 2. The lowest BCUT2D eigenvalue weighted by Gasteiger charge is -2.56. The van der Waals surface area contributed by atoms with E-state index in [1.807, 2.05) is 19.1 Å². The number of aromatic hydroxyl groups is 1. The van der Waals surface area contributed by atoms with Gasteiger partial charge in [-0.1, -0.05) is 42.0 Å². The summed E-state index contributed by atoms with van der Waals surface area (Å²) in [4.78, 5) is 68.2. The molecule has 8 atom stereocenters. The molecule has 2 aromatic rings. The average Bonchev–Trinajstić information content (AvgIpc) is 2.84. The molecule has 0 bridgehead atoms. The lowest BCUT2D eigenvalue weighted by molar-refractivity contribution is -0.196. The molecule has 2 saturated carbocycles. The molecule has 5 rings (SSSR count). The summed E-state index contributed by atoms with van der Waals surface area (Å²) in [7, 11) is 2.91. The third-order valence-electron chi connectivity index (χ3n) is 8.44. The van der Waals surface area contributed by atoms with Gasteiger partial charge in [-0.25, -0.2) is 0 Å². The number of carbonyl (C=O) groups excluding carboxylic acids is 5. The van der Waals surface area contributed by atoms with Crippen LogP contribution in [0.5, 0.6) is 5.75 Å². The fraction of sp³-hybridized carbons (Fsp3) is 0.393. The molecule has 5 N–H and O–H groups in total. The van der Waals surface area contributed by atoms with Gasteiger partial charge >= 0.3 is 0 Å². The standard InChI is InChI=1S/C28H28N2O8/c1-11-7-9-12(10-8-11)15-13-5-4-6-14(31)16(13)22(32)18-17(15)23(33)20-21(30(2)3)24(34)19(27(29)37)26(36)28(20,38)25(18)35/h4-10,15,17-21,23,31,33,38H,1-3H3,(H2,29,37)/t15-,17-,18?,19?,20-,21+,23+,28+/m1/s1. The first-order valence-corrected chi connectivity index (χ1v) is 12.2. The highest BCUT2D eigenvalue weighted by Crippen LogP contribution is 2.56. The minimum Gasteiger partial charge on any atom is -0.507 e. The van der Waals surface area contributed by atoms with E-state index in [9.17, 15) is 39.3 Å². The third-order valence-corrected chi connectivity index (χ3v) is 8.44. The van der Waals surface area contributed by atoms with Gasteiger partial charge in [0.05, 0.1) is 29.5 Å². The highest BCUT2D eigenvalue weighted by Gasteiger charge is 2.73. The van der Waals surface area contributed by atoms with Crippen molar-refractivity contribution in [1.29, 1.82) is 0 Å². The summed E-state index contributed by atoms with van der Waals surface area (Å²) in [5.74, 6) is -13.7. The summed E-state index contributed by atoms with van der Waals surface area (Å²) in [6.07, 6.45) is -1.71. The number of aliphatic hydroxyl groups is 2. The summed E-state index contributed by atoms with van der Waals surface area (Å²) in [5, 5.41) is 34.3. The topological polar surface area (TPSA) is 175 Å². The van der Waals surface area contributed by atoms with E-state index < -0.39 is 76.4 Å². The van der Waals surface area contributed by atoms with Crippen molar-refractivity contribution in [2.75, 3.05) is 14.1 Å². The van der Waals surface area contributed by atoms with E-state index >= 15 is 0 Å². The lowest BCUT2D eigenvalue weighted by atomic mass is 9.48. The number of nitrogens with zero attached hydrogens (tertiary/aromatic N) is 1. The van der Waals surface area contributed by atoms with Crippen molar-refractivity contribution < 1.29 is 39.3 Å². The fourth-order valence-corrected chi connectivity index (χ4v) is 6.81. The molecule has 10 nitrogen and oxygen atoms in total. The van der Waals surface area contributed by atoms with Gasteiger partial charge in [0.15, 0.2) is 34.7 Å². The second-order valence-corrected chi connectivity index (χ2v) is 10.7. The number of aliphatic hydroxyl groups excluding tert-OH is 1. The first kappa shape index (κ1) is 25.9. The molecule has 3 aliphatic rings. The molecule has 0 aliphatic heterocycles. The Morgan fingerprint density at radius 1 is 0.974 bits per heavy atom. The van der Waals surface area contributed by atoms with Gasteiger partial charge in [-0.05, 0) is 38.2 Å². The number of ketones is 4. The van der Waals surface area contributed by atoms with E-state index in [-0.39, 0.29) is 11.3 Å². The molecule has 10 heteroatoms. The van der Waals surface area contributed by atoms with Crippen molar-refractivity contribution in [3.8, 4) is 5.75 Å². The summed E-state index contributed by atoms with van der Waals surface area (Å²) >= 11 is 0. The van der Waals surface area contributed by atoms with E-state index in [1.54, 1.807) is 24.3 Å². The number of hydrogen-bond acceptors (Lipinski definition) is 9. The number of likely N-dealkylation sites (N-methyl/N-ethyl adjacent to an activating group) is 1. The van der Waals surface area contributed by atoms with Crippen LogP contribution in [0.1, 0.15) is 33.0 Å². The lowest BCUT2D eigenvalue weighted by Crippen LogP contribution is -2.77. The normalized spacial score (nSPS) is 34.5. The van der Waals surface area contributed by atoms with Crippen LogP contribution in [-0.2, 0) is 19.2 Å². The first-order chi connectivity index (χ1) is 17.8. The molecule has 0 aromatic heterocycles. The van der Waals surface area contributed by atoms with Crippen LogP contribution in [0.3, 0.4) is 0 Å². The number of phenols is 1. The molecule has 38 heavy (non-hydrogen) atoms. The quantitative estimate of drug-likeness (QED) is 0.397. The molecule has 0 radical (unpaired) electrons. The molecular formula is C28H28N2O8. The Balaban J connectivity index is 1.79. The second-order valence-electron chi connectivity index (χ2n) is 10.7. The zero-order valence-electron chi connectivity index (χ0n) is 21.0. The third kappa shape index (κ3) is 3.27. The molecule has 0 heterocycles. The van der Waals surface area contributed by atoms with E-state index in [1.165, 1.54) is 25.1 Å². The van der Waals surface area contributed by atoms with Crippen LogP contribution in [0.25, 0.3) is 0 Å². The predicted octanol–water partition coefficient (Wildman–Crippen LogP) is -0.264. The number of Topliss-reactive ketones (excluding diaryl/α,β-unsaturated/α-hetero) is 4. The predicted molar refractivity (Wildman–Crippen MR) is 132 cm³/mol. The molecule has 2 unspecified atom stereocenters. The monoisotopic (exact) mass is 520 g/mol. The smallest absolute Gasteiger partial charge is 0.235 e. The van der Waals surface area contributed by atoms with Crippen LogP contribution in [-0.4, -0.2) is 81.1 Å². The van der Waals surface area contributed by atoms with Crippen molar-refractivity contribution >= 4 is 29.0 Å². The number of hydrogen-bond donors (Lipinski definition) is 4. The maximum Gasteiger partial charge on any atom is 0.235 e. The molecule has 198 valence electrons. The molecule has 0 spiro atoms. The van der Waals surface area contributed by atoms with Gasteiger partial charge < -0.3 is 21.1 Å². The van der Waals surface area contributed by atoms with Crippen molar-refractivity contribution in [1.82, 2.24) is 4.90 Å². The summed E-state index contributed by atoms with van der Waals surface area (Å²) in [6.45, 7) is 1.88. The Morgan fingerprint density at radius 3 is 2.18 bits per heavy atom. The number of carbonyl (C=O) groups is 5. The highest BCUT2D eigenvalue weighted by molar-refractivity contribution is 6.32.